The number of urea groups is 1. The molecule has 2 aliphatic heterocycles. The Balaban J connectivity index is 1.55. The molecule has 3 fully saturated rings. The van der Waals surface area contributed by atoms with Crippen molar-refractivity contribution in [3.8, 4) is 0 Å². The average Bonchev–Trinajstić information content (AvgIpc) is 3.05. The topological polar surface area (TPSA) is 64.7 Å². The molecule has 6 nitrogen and oxygen atoms in total. The highest BCUT2D eigenvalue weighted by molar-refractivity contribution is 6.07. The Bertz CT molecular complexity index is 420. The van der Waals surface area contributed by atoms with E-state index in [4.69, 9.17) is 0 Å². The molecule has 1 saturated carbocycles. The normalized spacial score (nSPS) is 29.4. The fourth-order valence-corrected chi connectivity index (χ4v) is 3.93. The van der Waals surface area contributed by atoms with Crippen molar-refractivity contribution in [1.82, 2.24) is 20.4 Å². The molecule has 21 heavy (non-hydrogen) atoms. The van der Waals surface area contributed by atoms with E-state index in [-0.39, 0.29) is 11.9 Å². The van der Waals surface area contributed by atoms with Crippen LogP contribution in [-0.2, 0) is 4.79 Å². The van der Waals surface area contributed by atoms with E-state index in [1.165, 1.54) is 17.7 Å². The fraction of sp³-hybridized carbons (Fsp3) is 0.867. The third-order valence-corrected chi connectivity index (χ3v) is 5.26. The van der Waals surface area contributed by atoms with Crippen LogP contribution in [0.1, 0.15) is 38.5 Å². The highest BCUT2D eigenvalue weighted by Gasteiger charge is 2.52. The summed E-state index contributed by atoms with van der Waals surface area (Å²) in [6.07, 6.45) is 6.07. The van der Waals surface area contributed by atoms with Gasteiger partial charge in [-0.05, 0) is 39.3 Å². The average molecular weight is 294 g/mol. The van der Waals surface area contributed by atoms with Crippen LogP contribution in [-0.4, -0.2) is 66.5 Å². The summed E-state index contributed by atoms with van der Waals surface area (Å²) in [5.74, 6) is 0.00664. The quantitative estimate of drug-likeness (QED) is 0.743. The fourth-order valence-electron chi connectivity index (χ4n) is 3.93. The molecule has 1 spiro atoms. The van der Waals surface area contributed by atoms with Gasteiger partial charge in [-0.3, -0.25) is 9.69 Å². The van der Waals surface area contributed by atoms with Crippen molar-refractivity contribution in [2.45, 2.75) is 50.1 Å². The molecule has 6 heteroatoms. The van der Waals surface area contributed by atoms with Crippen LogP contribution in [0.5, 0.6) is 0 Å². The number of likely N-dealkylation sites (tertiary alicyclic amines) is 1. The maximum atomic E-state index is 12.5. The number of hydrogen-bond acceptors (Lipinski definition) is 4. The molecule has 1 aliphatic carbocycles. The molecule has 3 rings (SSSR count). The van der Waals surface area contributed by atoms with Crippen LogP contribution in [0.25, 0.3) is 0 Å². The number of carbonyl (C=O) groups is 2. The number of likely N-dealkylation sites (N-methyl/N-ethyl adjacent to an activating group) is 1. The molecule has 0 aromatic rings. The molecule has 1 unspecified atom stereocenters. The Morgan fingerprint density at radius 3 is 2.71 bits per heavy atom. The van der Waals surface area contributed by atoms with Crippen LogP contribution in [0.3, 0.4) is 0 Å². The molecule has 3 aliphatic rings. The molecular weight excluding hydrogens is 268 g/mol. The van der Waals surface area contributed by atoms with Crippen molar-refractivity contribution in [2.75, 3.05) is 33.2 Å². The SMILES string of the molecule is CNC1CCCN(CCN2C(=O)NC3(CCCC3)C2=O)C1. The maximum absolute atomic E-state index is 12.5. The molecule has 118 valence electrons. The maximum Gasteiger partial charge on any atom is 0.325 e. The first-order valence-corrected chi connectivity index (χ1v) is 8.18. The molecule has 3 amide bonds. The van der Waals surface area contributed by atoms with Gasteiger partial charge in [0.05, 0.1) is 0 Å². The number of nitrogens with one attached hydrogen (secondary N) is 2. The molecule has 0 aromatic carbocycles. The lowest BCUT2D eigenvalue weighted by molar-refractivity contribution is -0.131. The molecule has 1 atom stereocenters. The minimum atomic E-state index is -0.563. The summed E-state index contributed by atoms with van der Waals surface area (Å²) in [6, 6.07) is 0.340. The standard InChI is InChI=1S/C15H26N4O2/c1-16-12-5-4-8-18(11-12)9-10-19-13(20)15(17-14(19)21)6-2-3-7-15/h12,16H,2-11H2,1H3,(H,17,21). The minimum absolute atomic E-state index is 0.00664. The third-order valence-electron chi connectivity index (χ3n) is 5.26. The lowest BCUT2D eigenvalue weighted by Crippen LogP contribution is -2.48. The Kier molecular flexibility index (Phi) is 4.17. The predicted octanol–water partition coefficient (Wildman–Crippen LogP) is 0.535. The molecule has 0 bridgehead atoms. The zero-order chi connectivity index (χ0) is 14.9. The highest BCUT2D eigenvalue weighted by atomic mass is 16.2. The summed E-state index contributed by atoms with van der Waals surface area (Å²) in [7, 11) is 2.00. The van der Waals surface area contributed by atoms with Gasteiger partial charge in [-0.25, -0.2) is 4.79 Å². The first kappa shape index (κ1) is 14.8. The van der Waals surface area contributed by atoms with Gasteiger partial charge in [-0.2, -0.15) is 0 Å². The number of imide groups is 1. The van der Waals surface area contributed by atoms with E-state index in [0.29, 0.717) is 12.6 Å². The third kappa shape index (κ3) is 2.79. The van der Waals surface area contributed by atoms with Gasteiger partial charge >= 0.3 is 6.03 Å². The Labute approximate surface area is 126 Å². The van der Waals surface area contributed by atoms with E-state index >= 15 is 0 Å². The number of nitrogens with zero attached hydrogens (tertiary/aromatic N) is 2. The van der Waals surface area contributed by atoms with Crippen LogP contribution in [0.15, 0.2) is 0 Å². The Hall–Kier alpha value is -1.14. The van der Waals surface area contributed by atoms with Gasteiger partial charge in [0, 0.05) is 25.7 Å². The number of hydrogen-bond donors (Lipinski definition) is 2. The van der Waals surface area contributed by atoms with Gasteiger partial charge < -0.3 is 15.5 Å². The van der Waals surface area contributed by atoms with E-state index in [0.717, 1.165) is 45.3 Å². The van der Waals surface area contributed by atoms with Crippen molar-refractivity contribution >= 4 is 11.9 Å². The summed E-state index contributed by atoms with van der Waals surface area (Å²) in [5, 5.41) is 6.26. The van der Waals surface area contributed by atoms with Gasteiger partial charge in [-0.15, -0.1) is 0 Å². The van der Waals surface area contributed by atoms with E-state index in [1.54, 1.807) is 0 Å². The molecule has 2 N–H and O–H groups in total. The van der Waals surface area contributed by atoms with E-state index in [2.05, 4.69) is 15.5 Å². The molecule has 2 heterocycles. The van der Waals surface area contributed by atoms with Gasteiger partial charge in [-0.1, -0.05) is 12.8 Å². The van der Waals surface area contributed by atoms with Crippen LogP contribution < -0.4 is 10.6 Å². The van der Waals surface area contributed by atoms with Gasteiger partial charge in [0.15, 0.2) is 0 Å². The summed E-state index contributed by atoms with van der Waals surface area (Å²) in [4.78, 5) is 28.4. The first-order valence-electron chi connectivity index (χ1n) is 8.18. The van der Waals surface area contributed by atoms with Crippen molar-refractivity contribution in [2.24, 2.45) is 0 Å². The zero-order valence-corrected chi connectivity index (χ0v) is 12.9. The van der Waals surface area contributed by atoms with Crippen molar-refractivity contribution < 1.29 is 9.59 Å². The van der Waals surface area contributed by atoms with E-state index in [1.807, 2.05) is 7.05 Å². The van der Waals surface area contributed by atoms with Gasteiger partial charge in [0.25, 0.3) is 5.91 Å². The molecule has 0 aromatic heterocycles. The van der Waals surface area contributed by atoms with Gasteiger partial charge in [0.2, 0.25) is 0 Å². The number of carbonyl (C=O) groups excluding carboxylic acids is 2. The minimum Gasteiger partial charge on any atom is -0.323 e. The van der Waals surface area contributed by atoms with E-state index < -0.39 is 5.54 Å². The lowest BCUT2D eigenvalue weighted by Gasteiger charge is -2.33. The zero-order valence-electron chi connectivity index (χ0n) is 12.9. The molecule has 2 saturated heterocycles. The van der Waals surface area contributed by atoms with Gasteiger partial charge in [0.1, 0.15) is 5.54 Å². The second-order valence-electron chi connectivity index (χ2n) is 6.60. The van der Waals surface area contributed by atoms with Crippen LogP contribution in [0, 0.1) is 0 Å². The number of rotatable bonds is 4. The van der Waals surface area contributed by atoms with Crippen LogP contribution in [0.4, 0.5) is 4.79 Å². The molecule has 0 radical (unpaired) electrons. The smallest absolute Gasteiger partial charge is 0.323 e. The lowest BCUT2D eigenvalue weighted by atomic mass is 9.98. The summed E-state index contributed by atoms with van der Waals surface area (Å²) < 4.78 is 0. The van der Waals surface area contributed by atoms with Crippen molar-refractivity contribution in [1.29, 1.82) is 0 Å². The Morgan fingerprint density at radius 2 is 2.00 bits per heavy atom. The molecular formula is C15H26N4O2. The van der Waals surface area contributed by atoms with E-state index in [9.17, 15) is 9.59 Å². The largest absolute Gasteiger partial charge is 0.325 e. The van der Waals surface area contributed by atoms with Crippen LogP contribution in [0.2, 0.25) is 0 Å². The summed E-state index contributed by atoms with van der Waals surface area (Å²) >= 11 is 0. The predicted molar refractivity (Wildman–Crippen MR) is 80.0 cm³/mol. The summed E-state index contributed by atoms with van der Waals surface area (Å²) in [6.45, 7) is 3.37. The first-order chi connectivity index (χ1) is 10.1. The van der Waals surface area contributed by atoms with Crippen molar-refractivity contribution in [3.63, 3.8) is 0 Å². The second kappa shape index (κ2) is 5.93. The monoisotopic (exact) mass is 294 g/mol. The second-order valence-corrected chi connectivity index (χ2v) is 6.60. The number of piperidine rings is 1. The van der Waals surface area contributed by atoms with Crippen molar-refractivity contribution in [3.05, 3.63) is 0 Å². The number of amides is 3. The van der Waals surface area contributed by atoms with Crippen LogP contribution >= 0.6 is 0 Å². The Morgan fingerprint density at radius 1 is 1.24 bits per heavy atom. The highest BCUT2D eigenvalue weighted by Crippen LogP contribution is 2.34. The summed E-state index contributed by atoms with van der Waals surface area (Å²) in [5.41, 5.74) is -0.563.